The summed E-state index contributed by atoms with van der Waals surface area (Å²) in [5, 5.41) is 0. The third-order valence-electron chi connectivity index (χ3n) is 3.20. The topological polar surface area (TPSA) is 62.3 Å². The SMILES string of the molecule is CS(=O)(=O)N[C@H]1CCCN(c2cc(C(F)(F)F)ccn2)C1. The summed E-state index contributed by atoms with van der Waals surface area (Å²) in [4.78, 5) is 5.62. The largest absolute Gasteiger partial charge is 0.416 e. The Morgan fingerprint density at radius 3 is 2.76 bits per heavy atom. The second-order valence-corrected chi connectivity index (χ2v) is 6.86. The molecule has 0 bridgehead atoms. The molecule has 1 N–H and O–H groups in total. The van der Waals surface area contributed by atoms with E-state index < -0.39 is 21.8 Å². The first kappa shape index (κ1) is 16.0. The van der Waals surface area contributed by atoms with Gasteiger partial charge in [-0.3, -0.25) is 0 Å². The Bertz CT molecular complexity index is 604. The van der Waals surface area contributed by atoms with Crippen molar-refractivity contribution in [2.45, 2.75) is 25.1 Å². The van der Waals surface area contributed by atoms with Crippen LogP contribution in [0.4, 0.5) is 19.0 Å². The Morgan fingerprint density at radius 2 is 2.14 bits per heavy atom. The zero-order chi connectivity index (χ0) is 15.7. The highest BCUT2D eigenvalue weighted by molar-refractivity contribution is 7.88. The monoisotopic (exact) mass is 323 g/mol. The van der Waals surface area contributed by atoms with Crippen LogP contribution >= 0.6 is 0 Å². The molecule has 0 radical (unpaired) electrons. The Labute approximate surface area is 121 Å². The highest BCUT2D eigenvalue weighted by atomic mass is 32.2. The van der Waals surface area contributed by atoms with Gasteiger partial charge in [-0.2, -0.15) is 13.2 Å². The number of hydrogen-bond donors (Lipinski definition) is 1. The first-order valence-electron chi connectivity index (χ1n) is 6.41. The minimum absolute atomic E-state index is 0.213. The number of halogens is 3. The van der Waals surface area contributed by atoms with Crippen LogP contribution in [0.2, 0.25) is 0 Å². The molecular weight excluding hydrogens is 307 g/mol. The normalized spacial score (nSPS) is 20.6. The molecule has 2 heterocycles. The van der Waals surface area contributed by atoms with Gasteiger partial charge in [-0.1, -0.05) is 0 Å². The molecule has 0 spiro atoms. The van der Waals surface area contributed by atoms with Crippen molar-refractivity contribution in [2.24, 2.45) is 0 Å². The van der Waals surface area contributed by atoms with Crippen molar-refractivity contribution in [1.29, 1.82) is 0 Å². The number of rotatable bonds is 3. The number of pyridine rings is 1. The lowest BCUT2D eigenvalue weighted by Gasteiger charge is -2.33. The van der Waals surface area contributed by atoms with Gasteiger partial charge in [0.1, 0.15) is 5.82 Å². The van der Waals surface area contributed by atoms with Crippen LogP contribution < -0.4 is 9.62 Å². The number of anilines is 1. The molecular formula is C12H16F3N3O2S. The summed E-state index contributed by atoms with van der Waals surface area (Å²) in [6.07, 6.45) is -0.897. The van der Waals surface area contributed by atoms with Crippen LogP contribution in [-0.2, 0) is 16.2 Å². The molecule has 1 aromatic heterocycles. The van der Waals surface area contributed by atoms with E-state index in [0.29, 0.717) is 25.9 Å². The van der Waals surface area contributed by atoms with Gasteiger partial charge in [-0.25, -0.2) is 18.1 Å². The van der Waals surface area contributed by atoms with E-state index in [-0.39, 0.29) is 11.9 Å². The van der Waals surface area contributed by atoms with Gasteiger partial charge in [0.15, 0.2) is 0 Å². The zero-order valence-electron chi connectivity index (χ0n) is 11.4. The lowest BCUT2D eigenvalue weighted by molar-refractivity contribution is -0.137. The first-order chi connectivity index (χ1) is 9.65. The van der Waals surface area contributed by atoms with E-state index in [4.69, 9.17) is 0 Å². The van der Waals surface area contributed by atoms with E-state index in [1.165, 1.54) is 0 Å². The fraction of sp³-hybridized carbons (Fsp3) is 0.583. The van der Waals surface area contributed by atoms with E-state index in [2.05, 4.69) is 9.71 Å². The summed E-state index contributed by atoms with van der Waals surface area (Å²) in [5.74, 6) is 0.213. The standard InChI is InChI=1S/C12H16F3N3O2S/c1-21(19,20)17-10-3-2-6-18(8-10)11-7-9(4-5-16-11)12(13,14)15/h4-5,7,10,17H,2-3,6,8H2,1H3/t10-/m0/s1. The van der Waals surface area contributed by atoms with Crippen LogP contribution in [0.1, 0.15) is 18.4 Å². The maximum absolute atomic E-state index is 12.7. The van der Waals surface area contributed by atoms with Gasteiger partial charge in [0, 0.05) is 25.3 Å². The Hall–Kier alpha value is -1.35. The highest BCUT2D eigenvalue weighted by Crippen LogP contribution is 2.31. The van der Waals surface area contributed by atoms with Crippen molar-refractivity contribution in [3.05, 3.63) is 23.9 Å². The van der Waals surface area contributed by atoms with E-state index in [1.54, 1.807) is 4.90 Å². The van der Waals surface area contributed by atoms with E-state index in [1.807, 2.05) is 0 Å². The lowest BCUT2D eigenvalue weighted by Crippen LogP contribution is -2.47. The predicted molar refractivity (Wildman–Crippen MR) is 72.5 cm³/mol. The highest BCUT2D eigenvalue weighted by Gasteiger charge is 2.32. The second kappa shape index (κ2) is 5.80. The maximum atomic E-state index is 12.7. The second-order valence-electron chi connectivity index (χ2n) is 5.08. The molecule has 0 unspecified atom stereocenters. The maximum Gasteiger partial charge on any atom is 0.416 e. The van der Waals surface area contributed by atoms with Gasteiger partial charge < -0.3 is 4.90 Å². The van der Waals surface area contributed by atoms with Gasteiger partial charge in [-0.05, 0) is 25.0 Å². The third-order valence-corrected chi connectivity index (χ3v) is 3.96. The molecule has 9 heteroatoms. The lowest BCUT2D eigenvalue weighted by atomic mass is 10.1. The molecule has 0 aromatic carbocycles. The average molecular weight is 323 g/mol. The van der Waals surface area contributed by atoms with Crippen LogP contribution in [0.5, 0.6) is 0 Å². The number of aromatic nitrogens is 1. The minimum atomic E-state index is -4.42. The molecule has 5 nitrogen and oxygen atoms in total. The van der Waals surface area contributed by atoms with Crippen LogP contribution in [0.25, 0.3) is 0 Å². The Kier molecular flexibility index (Phi) is 4.43. The van der Waals surface area contributed by atoms with Gasteiger partial charge in [-0.15, -0.1) is 0 Å². The van der Waals surface area contributed by atoms with Crippen molar-refractivity contribution >= 4 is 15.8 Å². The van der Waals surface area contributed by atoms with Crippen molar-refractivity contribution in [2.75, 3.05) is 24.2 Å². The smallest absolute Gasteiger partial charge is 0.355 e. The quantitative estimate of drug-likeness (QED) is 0.918. The molecule has 21 heavy (non-hydrogen) atoms. The van der Waals surface area contributed by atoms with Crippen molar-refractivity contribution in [3.63, 3.8) is 0 Å². The molecule has 2 rings (SSSR count). The fourth-order valence-electron chi connectivity index (χ4n) is 2.35. The Morgan fingerprint density at radius 1 is 1.43 bits per heavy atom. The van der Waals surface area contributed by atoms with Crippen molar-refractivity contribution in [1.82, 2.24) is 9.71 Å². The first-order valence-corrected chi connectivity index (χ1v) is 8.30. The number of nitrogens with one attached hydrogen (secondary N) is 1. The fourth-order valence-corrected chi connectivity index (χ4v) is 3.15. The number of nitrogens with zero attached hydrogens (tertiary/aromatic N) is 2. The van der Waals surface area contributed by atoms with E-state index in [0.717, 1.165) is 24.6 Å². The van der Waals surface area contributed by atoms with Gasteiger partial charge >= 0.3 is 6.18 Å². The molecule has 0 amide bonds. The van der Waals surface area contributed by atoms with Gasteiger partial charge in [0.25, 0.3) is 0 Å². The summed E-state index contributed by atoms with van der Waals surface area (Å²) in [6, 6.07) is 1.59. The van der Waals surface area contributed by atoms with Gasteiger partial charge in [0.05, 0.1) is 11.8 Å². The summed E-state index contributed by atoms with van der Waals surface area (Å²) < 4.78 is 63.0. The molecule has 0 aliphatic carbocycles. The summed E-state index contributed by atoms with van der Waals surface area (Å²) in [5.41, 5.74) is -0.759. The minimum Gasteiger partial charge on any atom is -0.355 e. The number of hydrogen-bond acceptors (Lipinski definition) is 4. The number of piperidine rings is 1. The van der Waals surface area contributed by atoms with Gasteiger partial charge in [0.2, 0.25) is 10.0 Å². The molecule has 1 aliphatic rings. The van der Waals surface area contributed by atoms with Crippen LogP contribution in [0.3, 0.4) is 0 Å². The van der Waals surface area contributed by atoms with Crippen LogP contribution in [0.15, 0.2) is 18.3 Å². The van der Waals surface area contributed by atoms with E-state index in [9.17, 15) is 21.6 Å². The summed E-state index contributed by atoms with van der Waals surface area (Å²) in [6.45, 7) is 0.859. The molecule has 118 valence electrons. The predicted octanol–water partition coefficient (Wildman–Crippen LogP) is 1.62. The van der Waals surface area contributed by atoms with Crippen LogP contribution in [-0.4, -0.2) is 38.8 Å². The molecule has 1 aromatic rings. The van der Waals surface area contributed by atoms with Crippen LogP contribution in [0, 0.1) is 0 Å². The van der Waals surface area contributed by atoms with Crippen molar-refractivity contribution < 1.29 is 21.6 Å². The molecule has 1 atom stereocenters. The average Bonchev–Trinajstić information content (AvgIpc) is 2.36. The third kappa shape index (κ3) is 4.57. The summed E-state index contributed by atoms with van der Waals surface area (Å²) in [7, 11) is -3.34. The number of alkyl halides is 3. The Balaban J connectivity index is 2.15. The molecule has 1 aliphatic heterocycles. The molecule has 0 saturated carbocycles. The molecule has 1 fully saturated rings. The zero-order valence-corrected chi connectivity index (χ0v) is 12.2. The number of sulfonamides is 1. The van der Waals surface area contributed by atoms with Crippen molar-refractivity contribution in [3.8, 4) is 0 Å². The molecule has 1 saturated heterocycles. The van der Waals surface area contributed by atoms with E-state index >= 15 is 0 Å². The summed E-state index contributed by atoms with van der Waals surface area (Å²) >= 11 is 0.